The quantitative estimate of drug-likeness (QED) is 0.739. The summed E-state index contributed by atoms with van der Waals surface area (Å²) in [7, 11) is 2.05. The largest absolute Gasteiger partial charge is 0.330 e. The summed E-state index contributed by atoms with van der Waals surface area (Å²) in [5.41, 5.74) is 5.76. The first-order valence-electron chi connectivity index (χ1n) is 5.52. The van der Waals surface area contributed by atoms with Crippen LogP contribution >= 0.6 is 0 Å². The summed E-state index contributed by atoms with van der Waals surface area (Å²) in [6.07, 6.45) is 5.00. The lowest BCUT2D eigenvalue weighted by atomic mass is 9.83. The van der Waals surface area contributed by atoms with Crippen LogP contribution in [0.15, 0.2) is 0 Å². The van der Waals surface area contributed by atoms with Gasteiger partial charge in [0.25, 0.3) is 0 Å². The van der Waals surface area contributed by atoms with Gasteiger partial charge < -0.3 is 5.73 Å². The molecule has 3 nitrogen and oxygen atoms in total. The Morgan fingerprint density at radius 3 is 2.71 bits per heavy atom. The van der Waals surface area contributed by atoms with E-state index in [1.54, 1.807) is 0 Å². The van der Waals surface area contributed by atoms with Gasteiger partial charge in [-0.05, 0) is 39.3 Å². The zero-order chi connectivity index (χ0) is 10.6. The molecule has 2 N–H and O–H groups in total. The van der Waals surface area contributed by atoms with Gasteiger partial charge in [-0.2, -0.15) is 5.26 Å². The summed E-state index contributed by atoms with van der Waals surface area (Å²) >= 11 is 0. The van der Waals surface area contributed by atoms with Gasteiger partial charge in [-0.25, -0.2) is 0 Å². The predicted molar refractivity (Wildman–Crippen MR) is 57.6 cm³/mol. The van der Waals surface area contributed by atoms with Crippen LogP contribution in [0.25, 0.3) is 0 Å². The van der Waals surface area contributed by atoms with Gasteiger partial charge >= 0.3 is 0 Å². The van der Waals surface area contributed by atoms with Gasteiger partial charge in [-0.3, -0.25) is 4.90 Å². The van der Waals surface area contributed by atoms with Crippen LogP contribution in [0.4, 0.5) is 0 Å². The van der Waals surface area contributed by atoms with Crippen molar-refractivity contribution >= 4 is 0 Å². The molecule has 0 aromatic rings. The van der Waals surface area contributed by atoms with E-state index in [1.807, 2.05) is 14.0 Å². The Morgan fingerprint density at radius 2 is 2.14 bits per heavy atom. The van der Waals surface area contributed by atoms with Crippen LogP contribution in [0.5, 0.6) is 0 Å². The molecule has 3 atom stereocenters. The number of rotatable bonds is 3. The lowest BCUT2D eigenvalue weighted by Crippen LogP contribution is -2.46. The maximum Gasteiger partial charge on any atom is 0.0949 e. The average molecular weight is 195 g/mol. The summed E-state index contributed by atoms with van der Waals surface area (Å²) in [5.74, 6) is 0.588. The Kier molecular flexibility index (Phi) is 4.37. The minimum absolute atomic E-state index is 0.00662. The minimum Gasteiger partial charge on any atom is -0.330 e. The lowest BCUT2D eigenvalue weighted by molar-refractivity contribution is 0.118. The Balaban J connectivity index is 2.59. The fraction of sp³-hybridized carbons (Fsp3) is 0.909. The second-order valence-electron chi connectivity index (χ2n) is 4.32. The third-order valence-electron chi connectivity index (χ3n) is 3.49. The molecule has 0 aliphatic heterocycles. The van der Waals surface area contributed by atoms with Gasteiger partial charge in [0, 0.05) is 6.04 Å². The molecule has 80 valence electrons. The monoisotopic (exact) mass is 195 g/mol. The maximum absolute atomic E-state index is 8.87. The van der Waals surface area contributed by atoms with E-state index in [2.05, 4.69) is 11.0 Å². The summed E-state index contributed by atoms with van der Waals surface area (Å²) < 4.78 is 0. The minimum atomic E-state index is 0.00662. The zero-order valence-corrected chi connectivity index (χ0v) is 9.24. The van der Waals surface area contributed by atoms with E-state index in [9.17, 15) is 0 Å². The SMILES string of the molecule is CC(C#N)N(C)C1CCCCC1CN. The third kappa shape index (κ3) is 2.46. The van der Waals surface area contributed by atoms with Gasteiger partial charge in [-0.15, -0.1) is 0 Å². The van der Waals surface area contributed by atoms with Gasteiger partial charge in [-0.1, -0.05) is 12.8 Å². The lowest BCUT2D eigenvalue weighted by Gasteiger charge is -2.38. The molecule has 0 aromatic heterocycles. The molecule has 0 spiro atoms. The summed E-state index contributed by atoms with van der Waals surface area (Å²) in [5, 5.41) is 8.87. The standard InChI is InChI=1S/C11H21N3/c1-9(7-12)14(2)11-6-4-3-5-10(11)8-13/h9-11H,3-6,8,13H2,1-2H3. The summed E-state index contributed by atoms with van der Waals surface area (Å²) in [6, 6.07) is 2.82. The van der Waals surface area contributed by atoms with Crippen molar-refractivity contribution in [2.75, 3.05) is 13.6 Å². The van der Waals surface area contributed by atoms with Crippen LogP contribution in [-0.4, -0.2) is 30.6 Å². The molecular formula is C11H21N3. The van der Waals surface area contributed by atoms with Crippen molar-refractivity contribution in [2.24, 2.45) is 11.7 Å². The first-order valence-corrected chi connectivity index (χ1v) is 5.52. The van der Waals surface area contributed by atoms with Crippen LogP contribution in [0, 0.1) is 17.2 Å². The molecule has 1 saturated carbocycles. The molecule has 0 aromatic carbocycles. The van der Waals surface area contributed by atoms with E-state index < -0.39 is 0 Å². The molecule has 1 aliphatic carbocycles. The van der Waals surface area contributed by atoms with Crippen LogP contribution in [0.2, 0.25) is 0 Å². The van der Waals surface area contributed by atoms with E-state index in [0.717, 1.165) is 6.54 Å². The Labute approximate surface area is 86.9 Å². The Hall–Kier alpha value is -0.590. The summed E-state index contributed by atoms with van der Waals surface area (Å²) in [6.45, 7) is 2.72. The van der Waals surface area contributed by atoms with Crippen molar-refractivity contribution in [3.8, 4) is 6.07 Å². The molecule has 1 fully saturated rings. The van der Waals surface area contributed by atoms with Crippen molar-refractivity contribution < 1.29 is 0 Å². The number of nitriles is 1. The highest BCUT2D eigenvalue weighted by Gasteiger charge is 2.29. The third-order valence-corrected chi connectivity index (χ3v) is 3.49. The number of nitrogens with two attached hydrogens (primary N) is 1. The Morgan fingerprint density at radius 1 is 1.50 bits per heavy atom. The van der Waals surface area contributed by atoms with Gasteiger partial charge in [0.2, 0.25) is 0 Å². The van der Waals surface area contributed by atoms with Crippen LogP contribution < -0.4 is 5.73 Å². The molecule has 0 saturated heterocycles. The second kappa shape index (κ2) is 5.33. The fourth-order valence-corrected chi connectivity index (χ4v) is 2.38. The van der Waals surface area contributed by atoms with Crippen LogP contribution in [0.3, 0.4) is 0 Å². The highest BCUT2D eigenvalue weighted by Crippen LogP contribution is 2.27. The predicted octanol–water partition coefficient (Wildman–Crippen LogP) is 1.35. The highest BCUT2D eigenvalue weighted by molar-refractivity contribution is 4.92. The number of hydrogen-bond donors (Lipinski definition) is 1. The van der Waals surface area contributed by atoms with Crippen molar-refractivity contribution in [1.82, 2.24) is 4.90 Å². The van der Waals surface area contributed by atoms with E-state index in [-0.39, 0.29) is 6.04 Å². The molecular weight excluding hydrogens is 174 g/mol. The van der Waals surface area contributed by atoms with E-state index in [0.29, 0.717) is 12.0 Å². The molecule has 0 radical (unpaired) electrons. The highest BCUT2D eigenvalue weighted by atomic mass is 15.2. The van der Waals surface area contributed by atoms with E-state index in [1.165, 1.54) is 25.7 Å². The molecule has 0 amide bonds. The van der Waals surface area contributed by atoms with Crippen molar-refractivity contribution in [3.05, 3.63) is 0 Å². The van der Waals surface area contributed by atoms with Crippen molar-refractivity contribution in [3.63, 3.8) is 0 Å². The van der Waals surface area contributed by atoms with Crippen LogP contribution in [-0.2, 0) is 0 Å². The first-order chi connectivity index (χ1) is 6.70. The maximum atomic E-state index is 8.87. The van der Waals surface area contributed by atoms with E-state index >= 15 is 0 Å². The smallest absolute Gasteiger partial charge is 0.0949 e. The molecule has 14 heavy (non-hydrogen) atoms. The molecule has 1 aliphatic rings. The zero-order valence-electron chi connectivity index (χ0n) is 9.24. The molecule has 3 unspecified atom stereocenters. The molecule has 1 rings (SSSR count). The first kappa shape index (κ1) is 11.5. The topological polar surface area (TPSA) is 53.0 Å². The van der Waals surface area contributed by atoms with Crippen molar-refractivity contribution in [2.45, 2.75) is 44.7 Å². The Bertz CT molecular complexity index is 209. The van der Waals surface area contributed by atoms with Crippen LogP contribution in [0.1, 0.15) is 32.6 Å². The second-order valence-corrected chi connectivity index (χ2v) is 4.32. The van der Waals surface area contributed by atoms with Gasteiger partial charge in [0.05, 0.1) is 12.1 Å². The average Bonchev–Trinajstić information content (AvgIpc) is 2.26. The van der Waals surface area contributed by atoms with Crippen molar-refractivity contribution in [1.29, 1.82) is 5.26 Å². The fourth-order valence-electron chi connectivity index (χ4n) is 2.38. The van der Waals surface area contributed by atoms with Gasteiger partial charge in [0.1, 0.15) is 0 Å². The number of hydrogen-bond acceptors (Lipinski definition) is 3. The van der Waals surface area contributed by atoms with Gasteiger partial charge in [0.15, 0.2) is 0 Å². The molecule has 0 heterocycles. The van der Waals surface area contributed by atoms with E-state index in [4.69, 9.17) is 11.0 Å². The normalized spacial score (nSPS) is 29.9. The number of nitrogens with zero attached hydrogens (tertiary/aromatic N) is 2. The summed E-state index contributed by atoms with van der Waals surface area (Å²) in [4.78, 5) is 2.19. The molecule has 0 bridgehead atoms. The molecule has 3 heteroatoms.